The number of fused-ring (bicyclic) bond motifs is 1. The van der Waals surface area contributed by atoms with Crippen molar-refractivity contribution in [2.75, 3.05) is 11.4 Å². The van der Waals surface area contributed by atoms with Gasteiger partial charge in [0.25, 0.3) is 0 Å². The molecule has 94 valence electrons. The Morgan fingerprint density at radius 3 is 3.00 bits per heavy atom. The van der Waals surface area contributed by atoms with Crippen molar-refractivity contribution in [3.05, 3.63) is 41.7 Å². The molecule has 1 aliphatic rings. The van der Waals surface area contributed by atoms with E-state index in [1.54, 1.807) is 6.33 Å². The number of aromatic nitrogens is 3. The van der Waals surface area contributed by atoms with E-state index in [-0.39, 0.29) is 5.82 Å². The molecular formula is C12H14FN5. The molecule has 0 radical (unpaired) electrons. The van der Waals surface area contributed by atoms with Crippen LogP contribution in [0, 0.1) is 5.82 Å². The summed E-state index contributed by atoms with van der Waals surface area (Å²) in [5.74, 6) is 0.653. The summed E-state index contributed by atoms with van der Waals surface area (Å²) < 4.78 is 15.5. The van der Waals surface area contributed by atoms with E-state index in [1.165, 1.54) is 12.1 Å². The van der Waals surface area contributed by atoms with E-state index in [1.807, 2.05) is 10.6 Å². The lowest BCUT2D eigenvalue weighted by molar-refractivity contribution is 0.557. The Kier molecular flexibility index (Phi) is 2.71. The first kappa shape index (κ1) is 11.2. The van der Waals surface area contributed by atoms with E-state index in [9.17, 15) is 4.39 Å². The summed E-state index contributed by atoms with van der Waals surface area (Å²) in [6.45, 7) is 2.62. The maximum absolute atomic E-state index is 13.5. The van der Waals surface area contributed by atoms with Gasteiger partial charge >= 0.3 is 0 Å². The summed E-state index contributed by atoms with van der Waals surface area (Å²) in [5, 5.41) is 7.93. The van der Waals surface area contributed by atoms with E-state index >= 15 is 0 Å². The quantitative estimate of drug-likeness (QED) is 0.856. The molecule has 0 aliphatic carbocycles. The molecular weight excluding hydrogens is 233 g/mol. The van der Waals surface area contributed by atoms with Crippen LogP contribution in [0.15, 0.2) is 24.5 Å². The second-order valence-electron chi connectivity index (χ2n) is 4.38. The molecule has 0 saturated carbocycles. The Bertz CT molecular complexity index is 565. The minimum atomic E-state index is -0.250. The SMILES string of the molecule is NCc1cc(F)cc(N2CCn3cnnc3C2)c1. The summed E-state index contributed by atoms with van der Waals surface area (Å²) in [7, 11) is 0. The van der Waals surface area contributed by atoms with Crippen LogP contribution in [0.2, 0.25) is 0 Å². The Morgan fingerprint density at radius 2 is 2.17 bits per heavy atom. The number of anilines is 1. The zero-order valence-corrected chi connectivity index (χ0v) is 9.88. The third-order valence-corrected chi connectivity index (χ3v) is 3.18. The number of nitrogens with zero attached hydrogens (tertiary/aromatic N) is 4. The van der Waals surface area contributed by atoms with Gasteiger partial charge < -0.3 is 15.2 Å². The van der Waals surface area contributed by atoms with Gasteiger partial charge in [-0.3, -0.25) is 0 Å². The smallest absolute Gasteiger partial charge is 0.152 e. The maximum Gasteiger partial charge on any atom is 0.152 e. The minimum Gasteiger partial charge on any atom is -0.362 e. The normalized spacial score (nSPS) is 14.7. The maximum atomic E-state index is 13.5. The molecule has 0 saturated heterocycles. The molecule has 18 heavy (non-hydrogen) atoms. The summed E-state index contributed by atoms with van der Waals surface area (Å²) in [5.41, 5.74) is 7.22. The topological polar surface area (TPSA) is 60.0 Å². The minimum absolute atomic E-state index is 0.250. The molecule has 0 bridgehead atoms. The van der Waals surface area contributed by atoms with Crippen LogP contribution in [-0.4, -0.2) is 21.3 Å². The van der Waals surface area contributed by atoms with E-state index in [0.29, 0.717) is 13.1 Å². The van der Waals surface area contributed by atoms with Crippen LogP contribution in [0.25, 0.3) is 0 Å². The molecule has 0 unspecified atom stereocenters. The second-order valence-corrected chi connectivity index (χ2v) is 4.38. The highest BCUT2D eigenvalue weighted by Crippen LogP contribution is 2.22. The van der Waals surface area contributed by atoms with Gasteiger partial charge in [-0.1, -0.05) is 0 Å². The van der Waals surface area contributed by atoms with Gasteiger partial charge in [0.05, 0.1) is 6.54 Å². The summed E-state index contributed by atoms with van der Waals surface area (Å²) in [6, 6.07) is 4.93. The first-order valence-corrected chi connectivity index (χ1v) is 5.87. The fourth-order valence-corrected chi connectivity index (χ4v) is 2.22. The van der Waals surface area contributed by atoms with Gasteiger partial charge in [0, 0.05) is 25.3 Å². The van der Waals surface area contributed by atoms with E-state index < -0.39 is 0 Å². The first-order chi connectivity index (χ1) is 8.76. The van der Waals surface area contributed by atoms with Crippen LogP contribution in [0.5, 0.6) is 0 Å². The van der Waals surface area contributed by atoms with Crippen molar-refractivity contribution in [2.45, 2.75) is 19.6 Å². The van der Waals surface area contributed by atoms with E-state index in [0.717, 1.165) is 30.2 Å². The van der Waals surface area contributed by atoms with Gasteiger partial charge in [0.1, 0.15) is 12.1 Å². The van der Waals surface area contributed by atoms with Crippen molar-refractivity contribution in [1.82, 2.24) is 14.8 Å². The van der Waals surface area contributed by atoms with Crippen molar-refractivity contribution in [1.29, 1.82) is 0 Å². The van der Waals surface area contributed by atoms with Gasteiger partial charge in [0.15, 0.2) is 5.82 Å². The fraction of sp³-hybridized carbons (Fsp3) is 0.333. The van der Waals surface area contributed by atoms with Crippen molar-refractivity contribution in [2.24, 2.45) is 5.73 Å². The van der Waals surface area contributed by atoms with Gasteiger partial charge in [-0.25, -0.2) is 4.39 Å². The predicted molar refractivity (Wildman–Crippen MR) is 65.4 cm³/mol. The molecule has 0 amide bonds. The zero-order chi connectivity index (χ0) is 12.5. The molecule has 1 aromatic carbocycles. The lowest BCUT2D eigenvalue weighted by atomic mass is 10.1. The van der Waals surface area contributed by atoms with Crippen LogP contribution in [0.1, 0.15) is 11.4 Å². The predicted octanol–water partition coefficient (Wildman–Crippen LogP) is 0.896. The number of hydrogen-bond donors (Lipinski definition) is 1. The Morgan fingerprint density at radius 1 is 1.28 bits per heavy atom. The molecule has 1 aromatic heterocycles. The van der Waals surface area contributed by atoms with Crippen LogP contribution in [-0.2, 0) is 19.6 Å². The fourth-order valence-electron chi connectivity index (χ4n) is 2.22. The Labute approximate surface area is 104 Å². The third-order valence-electron chi connectivity index (χ3n) is 3.18. The van der Waals surface area contributed by atoms with Crippen molar-refractivity contribution >= 4 is 5.69 Å². The van der Waals surface area contributed by atoms with E-state index in [2.05, 4.69) is 15.1 Å². The summed E-state index contributed by atoms with van der Waals surface area (Å²) in [4.78, 5) is 2.09. The first-order valence-electron chi connectivity index (χ1n) is 5.87. The molecule has 5 nitrogen and oxygen atoms in total. The lowest BCUT2D eigenvalue weighted by Crippen LogP contribution is -2.33. The Hall–Kier alpha value is -1.95. The number of rotatable bonds is 2. The Balaban J connectivity index is 1.90. The lowest BCUT2D eigenvalue weighted by Gasteiger charge is -2.29. The number of halogens is 1. The molecule has 2 N–H and O–H groups in total. The highest BCUT2D eigenvalue weighted by Gasteiger charge is 2.18. The highest BCUT2D eigenvalue weighted by atomic mass is 19.1. The van der Waals surface area contributed by atoms with Gasteiger partial charge in [0.2, 0.25) is 0 Å². The van der Waals surface area contributed by atoms with Gasteiger partial charge in [-0.2, -0.15) is 0 Å². The summed E-state index contributed by atoms with van der Waals surface area (Å²) in [6.07, 6.45) is 1.73. The van der Waals surface area contributed by atoms with Gasteiger partial charge in [-0.05, 0) is 23.8 Å². The van der Waals surface area contributed by atoms with Crippen molar-refractivity contribution in [3.63, 3.8) is 0 Å². The molecule has 2 aromatic rings. The number of hydrogen-bond acceptors (Lipinski definition) is 4. The largest absolute Gasteiger partial charge is 0.362 e. The van der Waals surface area contributed by atoms with Crippen molar-refractivity contribution < 1.29 is 4.39 Å². The van der Waals surface area contributed by atoms with Crippen LogP contribution < -0.4 is 10.6 Å². The van der Waals surface area contributed by atoms with Crippen LogP contribution in [0.3, 0.4) is 0 Å². The molecule has 0 atom stereocenters. The average Bonchev–Trinajstić information content (AvgIpc) is 2.85. The number of nitrogens with two attached hydrogens (primary N) is 1. The second kappa shape index (κ2) is 4.38. The van der Waals surface area contributed by atoms with Crippen molar-refractivity contribution in [3.8, 4) is 0 Å². The number of benzene rings is 1. The summed E-state index contributed by atoms with van der Waals surface area (Å²) >= 11 is 0. The van der Waals surface area contributed by atoms with E-state index in [4.69, 9.17) is 5.73 Å². The zero-order valence-electron chi connectivity index (χ0n) is 9.88. The van der Waals surface area contributed by atoms with Crippen LogP contribution >= 0.6 is 0 Å². The standard InChI is InChI=1S/C12H14FN5/c13-10-3-9(6-14)4-11(5-10)17-1-2-18-8-15-16-12(18)7-17/h3-5,8H,1-2,6-7,14H2. The van der Waals surface area contributed by atoms with Gasteiger partial charge in [-0.15, -0.1) is 10.2 Å². The van der Waals surface area contributed by atoms with Crippen LogP contribution in [0.4, 0.5) is 10.1 Å². The molecule has 0 fully saturated rings. The monoisotopic (exact) mass is 247 g/mol. The average molecular weight is 247 g/mol. The molecule has 1 aliphatic heterocycles. The third kappa shape index (κ3) is 1.95. The molecule has 0 spiro atoms. The molecule has 2 heterocycles. The molecule has 3 rings (SSSR count). The highest BCUT2D eigenvalue weighted by molar-refractivity contribution is 5.49. The molecule has 6 heteroatoms.